The Morgan fingerprint density at radius 2 is 2.26 bits per heavy atom. The molecule has 0 aromatic rings. The first kappa shape index (κ1) is 17.1. The normalized spacial score (nSPS) is 35.7. The van der Waals surface area contributed by atoms with E-state index in [1.807, 2.05) is 11.8 Å². The van der Waals surface area contributed by atoms with E-state index in [1.54, 1.807) is 0 Å². The van der Waals surface area contributed by atoms with Gasteiger partial charge in [0.2, 0.25) is 5.91 Å². The van der Waals surface area contributed by atoms with Crippen LogP contribution in [0.4, 0.5) is 0 Å². The number of halogens is 1. The zero-order valence-electron chi connectivity index (χ0n) is 13.2. The number of hydrogen-bond donors (Lipinski definition) is 1. The molecule has 3 aliphatic heterocycles. The van der Waals surface area contributed by atoms with Crippen LogP contribution in [-0.4, -0.2) is 59.2 Å². The highest BCUT2D eigenvalue weighted by Crippen LogP contribution is 2.53. The average Bonchev–Trinajstić information content (AvgIpc) is 2.72. The van der Waals surface area contributed by atoms with Crippen molar-refractivity contribution in [2.75, 3.05) is 32.7 Å². The van der Waals surface area contributed by atoms with Gasteiger partial charge in [0.05, 0.1) is 15.7 Å². The van der Waals surface area contributed by atoms with E-state index in [2.05, 4.69) is 34.5 Å². The number of nitrogens with one attached hydrogen (secondary N) is 1. The van der Waals surface area contributed by atoms with Crippen LogP contribution in [0, 0.1) is 5.92 Å². The van der Waals surface area contributed by atoms with E-state index in [1.165, 1.54) is 5.71 Å². The lowest BCUT2D eigenvalue weighted by molar-refractivity contribution is -0.130. The molecular weight excluding hydrogens is 330 g/mol. The summed E-state index contributed by atoms with van der Waals surface area (Å²) in [6, 6.07) is 0. The van der Waals surface area contributed by atoms with Crippen molar-refractivity contribution in [1.82, 2.24) is 10.2 Å². The van der Waals surface area contributed by atoms with Gasteiger partial charge in [-0.2, -0.15) is 0 Å². The van der Waals surface area contributed by atoms with Crippen molar-refractivity contribution in [3.05, 3.63) is 24.3 Å². The van der Waals surface area contributed by atoms with Crippen LogP contribution in [0.2, 0.25) is 0 Å². The summed E-state index contributed by atoms with van der Waals surface area (Å²) in [4.78, 5) is 19.8. The summed E-state index contributed by atoms with van der Waals surface area (Å²) in [6.45, 7) is 4.61. The molecule has 126 valence electrons. The summed E-state index contributed by atoms with van der Waals surface area (Å²) in [5.41, 5.74) is 1.18. The van der Waals surface area contributed by atoms with E-state index >= 15 is 0 Å². The van der Waals surface area contributed by atoms with Gasteiger partial charge in [-0.3, -0.25) is 9.79 Å². The first-order valence-electron chi connectivity index (χ1n) is 8.38. The van der Waals surface area contributed by atoms with E-state index in [0.717, 1.165) is 52.0 Å². The van der Waals surface area contributed by atoms with Gasteiger partial charge >= 0.3 is 0 Å². The molecule has 1 spiro atoms. The fourth-order valence-electron chi connectivity index (χ4n) is 4.09. The van der Waals surface area contributed by atoms with Gasteiger partial charge in [0.15, 0.2) is 0 Å². The lowest BCUT2D eigenvalue weighted by atomic mass is 9.78. The van der Waals surface area contributed by atoms with Gasteiger partial charge in [0, 0.05) is 26.2 Å². The van der Waals surface area contributed by atoms with Crippen LogP contribution in [0.3, 0.4) is 0 Å². The SMILES string of the molecule is Cl.O=C(C1CC2CCN=C3C=CC=CC32S1)N1CCCNCC1. The van der Waals surface area contributed by atoms with Crippen molar-refractivity contribution in [2.45, 2.75) is 29.3 Å². The highest BCUT2D eigenvalue weighted by molar-refractivity contribution is 8.03. The predicted molar refractivity (Wildman–Crippen MR) is 98.7 cm³/mol. The molecule has 3 heterocycles. The number of carbonyl (C=O) groups is 1. The van der Waals surface area contributed by atoms with Crippen molar-refractivity contribution in [3.8, 4) is 0 Å². The Labute approximate surface area is 148 Å². The molecule has 3 unspecified atom stereocenters. The van der Waals surface area contributed by atoms with Gasteiger partial charge in [0.25, 0.3) is 0 Å². The third-order valence-electron chi connectivity index (χ3n) is 5.24. The van der Waals surface area contributed by atoms with Crippen LogP contribution in [0.5, 0.6) is 0 Å². The lowest BCUT2D eigenvalue weighted by Gasteiger charge is -2.36. The van der Waals surface area contributed by atoms with Crippen LogP contribution >= 0.6 is 24.2 Å². The molecule has 23 heavy (non-hydrogen) atoms. The standard InChI is InChI=1S/C17H23N3OS.ClH/c21-16(20-10-3-7-18-9-11-20)14-12-13-5-8-19-15-4-1-2-6-17(13,15)22-14;/h1-2,4,6,13-14,18H,3,5,7-12H2;1H. The second-order valence-electron chi connectivity index (χ2n) is 6.53. The largest absolute Gasteiger partial charge is 0.340 e. The summed E-state index contributed by atoms with van der Waals surface area (Å²) in [6.07, 6.45) is 11.8. The van der Waals surface area contributed by atoms with E-state index < -0.39 is 0 Å². The van der Waals surface area contributed by atoms with Crippen molar-refractivity contribution < 1.29 is 4.79 Å². The highest BCUT2D eigenvalue weighted by Gasteiger charge is 2.53. The average molecular weight is 354 g/mol. The van der Waals surface area contributed by atoms with Crippen molar-refractivity contribution in [3.63, 3.8) is 0 Å². The van der Waals surface area contributed by atoms with E-state index in [9.17, 15) is 4.79 Å². The van der Waals surface area contributed by atoms with E-state index in [0.29, 0.717) is 11.8 Å². The van der Waals surface area contributed by atoms with E-state index in [-0.39, 0.29) is 22.4 Å². The van der Waals surface area contributed by atoms with Crippen LogP contribution in [-0.2, 0) is 4.79 Å². The van der Waals surface area contributed by atoms with Gasteiger partial charge in [0.1, 0.15) is 0 Å². The summed E-state index contributed by atoms with van der Waals surface area (Å²) < 4.78 is -0.0303. The van der Waals surface area contributed by atoms with Gasteiger partial charge in [-0.25, -0.2) is 0 Å². The van der Waals surface area contributed by atoms with Gasteiger partial charge in [-0.05, 0) is 37.8 Å². The topological polar surface area (TPSA) is 44.7 Å². The third kappa shape index (κ3) is 2.99. The number of nitrogens with zero attached hydrogens (tertiary/aromatic N) is 2. The van der Waals surface area contributed by atoms with Crippen molar-refractivity contribution in [2.24, 2.45) is 10.9 Å². The second-order valence-corrected chi connectivity index (χ2v) is 8.02. The molecule has 2 saturated heterocycles. The minimum Gasteiger partial charge on any atom is -0.340 e. The van der Waals surface area contributed by atoms with Gasteiger partial charge in [-0.1, -0.05) is 18.2 Å². The molecule has 1 N–H and O–H groups in total. The zero-order valence-corrected chi connectivity index (χ0v) is 14.9. The molecule has 0 radical (unpaired) electrons. The smallest absolute Gasteiger partial charge is 0.235 e. The minimum absolute atomic E-state index is 0. The molecule has 3 atom stereocenters. The fraction of sp³-hybridized carbons (Fsp3) is 0.647. The first-order chi connectivity index (χ1) is 10.8. The molecule has 1 aliphatic carbocycles. The number of rotatable bonds is 1. The molecule has 6 heteroatoms. The second kappa shape index (κ2) is 6.99. The maximum Gasteiger partial charge on any atom is 0.235 e. The van der Waals surface area contributed by atoms with Crippen LogP contribution in [0.25, 0.3) is 0 Å². The molecule has 0 aromatic heterocycles. The monoisotopic (exact) mass is 353 g/mol. The number of hydrogen-bond acceptors (Lipinski definition) is 4. The number of thioether (sulfide) groups is 1. The van der Waals surface area contributed by atoms with Crippen LogP contribution in [0.1, 0.15) is 19.3 Å². The molecule has 0 saturated carbocycles. The molecule has 4 aliphatic rings. The number of carbonyl (C=O) groups excluding carboxylic acids is 1. The summed E-state index contributed by atoms with van der Waals surface area (Å²) in [5.74, 6) is 0.907. The molecule has 4 rings (SSSR count). The fourth-order valence-corrected chi connectivity index (χ4v) is 5.96. The Hall–Kier alpha value is -0.780. The molecular formula is C17H24ClN3OS. The van der Waals surface area contributed by atoms with Gasteiger partial charge < -0.3 is 10.2 Å². The van der Waals surface area contributed by atoms with Crippen molar-refractivity contribution >= 4 is 35.8 Å². The molecule has 0 aromatic carbocycles. The minimum atomic E-state index is -0.0303. The molecule has 0 bridgehead atoms. The van der Waals surface area contributed by atoms with Gasteiger partial charge in [-0.15, -0.1) is 24.2 Å². The predicted octanol–water partition coefficient (Wildman–Crippen LogP) is 2.06. The number of amides is 1. The summed E-state index contributed by atoms with van der Waals surface area (Å²) in [5, 5.41) is 3.48. The Kier molecular flexibility index (Phi) is 5.19. The van der Waals surface area contributed by atoms with Crippen molar-refractivity contribution in [1.29, 1.82) is 0 Å². The molecule has 2 fully saturated rings. The quantitative estimate of drug-likeness (QED) is 0.784. The highest BCUT2D eigenvalue weighted by atomic mass is 35.5. The first-order valence-corrected chi connectivity index (χ1v) is 9.26. The Bertz CT molecular complexity index is 554. The summed E-state index contributed by atoms with van der Waals surface area (Å²) in [7, 11) is 0. The lowest BCUT2D eigenvalue weighted by Crippen LogP contribution is -2.41. The summed E-state index contributed by atoms with van der Waals surface area (Å²) >= 11 is 1.85. The van der Waals surface area contributed by atoms with Crippen LogP contribution < -0.4 is 5.32 Å². The zero-order chi connectivity index (χ0) is 15.0. The van der Waals surface area contributed by atoms with Crippen LogP contribution in [0.15, 0.2) is 29.3 Å². The van der Waals surface area contributed by atoms with E-state index in [4.69, 9.17) is 4.99 Å². The maximum absolute atomic E-state index is 13.0. The maximum atomic E-state index is 13.0. The Morgan fingerprint density at radius 1 is 1.35 bits per heavy atom. The molecule has 4 nitrogen and oxygen atoms in total. The Morgan fingerprint density at radius 3 is 3.17 bits per heavy atom. The molecule has 1 amide bonds. The Balaban J connectivity index is 0.00000156. The number of allylic oxidation sites excluding steroid dienone is 3. The number of aliphatic imine (C=N–C) groups is 1. The third-order valence-corrected chi connectivity index (χ3v) is 6.99.